The molecule has 0 radical (unpaired) electrons. The Bertz CT molecular complexity index is 508. The standard InChI is InChI=1S/C17H25FN2O/c18-16-5-4-13(10-19)9-14(16)11-20-8-7-17(21)6-2-1-3-15(17)12-20/h4-5,9,15,21H,1-3,6-8,10-12,19H2. The second-order valence-corrected chi connectivity index (χ2v) is 6.66. The lowest BCUT2D eigenvalue weighted by Gasteiger charge is -2.47. The number of piperidine rings is 1. The lowest BCUT2D eigenvalue weighted by Crippen LogP contribution is -2.53. The van der Waals surface area contributed by atoms with Crippen LogP contribution in [0.1, 0.15) is 43.2 Å². The third-order valence-corrected chi connectivity index (χ3v) is 5.25. The fraction of sp³-hybridized carbons (Fsp3) is 0.647. The Hall–Kier alpha value is -0.970. The molecule has 116 valence electrons. The molecule has 0 aromatic heterocycles. The van der Waals surface area contributed by atoms with Crippen molar-refractivity contribution in [3.8, 4) is 0 Å². The minimum absolute atomic E-state index is 0.156. The van der Waals surface area contributed by atoms with E-state index in [9.17, 15) is 9.50 Å². The van der Waals surface area contributed by atoms with Gasteiger partial charge in [-0.2, -0.15) is 0 Å². The number of hydrogen-bond acceptors (Lipinski definition) is 3. The molecule has 1 aliphatic carbocycles. The van der Waals surface area contributed by atoms with Crippen LogP contribution in [0.5, 0.6) is 0 Å². The van der Waals surface area contributed by atoms with E-state index >= 15 is 0 Å². The monoisotopic (exact) mass is 292 g/mol. The number of hydrogen-bond donors (Lipinski definition) is 2. The summed E-state index contributed by atoms with van der Waals surface area (Å²) < 4.78 is 14.0. The Kier molecular flexibility index (Phi) is 4.29. The van der Waals surface area contributed by atoms with E-state index in [1.165, 1.54) is 12.5 Å². The summed E-state index contributed by atoms with van der Waals surface area (Å²) in [6.45, 7) is 2.78. The number of fused-ring (bicyclic) bond motifs is 1. The summed E-state index contributed by atoms with van der Waals surface area (Å²) in [5.41, 5.74) is 6.86. The zero-order valence-electron chi connectivity index (χ0n) is 12.5. The van der Waals surface area contributed by atoms with E-state index in [-0.39, 0.29) is 5.82 Å². The van der Waals surface area contributed by atoms with Gasteiger partial charge >= 0.3 is 0 Å². The minimum Gasteiger partial charge on any atom is -0.390 e. The molecule has 2 fully saturated rings. The van der Waals surface area contributed by atoms with Gasteiger partial charge in [-0.15, -0.1) is 0 Å². The summed E-state index contributed by atoms with van der Waals surface area (Å²) in [7, 11) is 0. The zero-order valence-corrected chi connectivity index (χ0v) is 12.5. The number of nitrogens with zero attached hydrogens (tertiary/aromatic N) is 1. The van der Waals surface area contributed by atoms with E-state index in [0.717, 1.165) is 49.9 Å². The first-order valence-electron chi connectivity index (χ1n) is 8.03. The highest BCUT2D eigenvalue weighted by Crippen LogP contribution is 2.40. The van der Waals surface area contributed by atoms with Crippen LogP contribution in [0.3, 0.4) is 0 Å². The van der Waals surface area contributed by atoms with Gasteiger partial charge in [0.15, 0.2) is 0 Å². The van der Waals surface area contributed by atoms with Crippen LogP contribution >= 0.6 is 0 Å². The molecule has 3 nitrogen and oxygen atoms in total. The van der Waals surface area contributed by atoms with Gasteiger partial charge in [-0.05, 0) is 30.9 Å². The topological polar surface area (TPSA) is 49.5 Å². The number of halogens is 1. The van der Waals surface area contributed by atoms with Crippen molar-refractivity contribution in [3.05, 3.63) is 35.1 Å². The van der Waals surface area contributed by atoms with Crippen molar-refractivity contribution < 1.29 is 9.50 Å². The summed E-state index contributed by atoms with van der Waals surface area (Å²) in [5.74, 6) is 0.192. The molecule has 0 amide bonds. The van der Waals surface area contributed by atoms with E-state index in [2.05, 4.69) is 4.90 Å². The Labute approximate surface area is 125 Å². The average molecular weight is 292 g/mol. The van der Waals surface area contributed by atoms with Crippen molar-refractivity contribution >= 4 is 0 Å². The Morgan fingerprint density at radius 3 is 3.00 bits per heavy atom. The predicted molar refractivity (Wildman–Crippen MR) is 81.1 cm³/mol. The molecule has 3 N–H and O–H groups in total. The maximum atomic E-state index is 14.0. The van der Waals surface area contributed by atoms with E-state index in [1.807, 2.05) is 6.07 Å². The fourth-order valence-corrected chi connectivity index (χ4v) is 3.90. The first-order chi connectivity index (χ1) is 10.1. The molecule has 0 bridgehead atoms. The molecule has 2 unspecified atom stereocenters. The molecule has 1 saturated heterocycles. The van der Waals surface area contributed by atoms with Crippen LogP contribution in [0.4, 0.5) is 4.39 Å². The van der Waals surface area contributed by atoms with Crippen molar-refractivity contribution in [2.45, 2.75) is 50.8 Å². The number of rotatable bonds is 3. The van der Waals surface area contributed by atoms with E-state index < -0.39 is 5.60 Å². The minimum atomic E-state index is -0.466. The van der Waals surface area contributed by atoms with Gasteiger partial charge in [0.05, 0.1) is 5.60 Å². The maximum Gasteiger partial charge on any atom is 0.127 e. The number of aliphatic hydroxyl groups is 1. The van der Waals surface area contributed by atoms with E-state index in [1.54, 1.807) is 6.07 Å². The molecule has 21 heavy (non-hydrogen) atoms. The molecule has 1 aromatic rings. The van der Waals surface area contributed by atoms with E-state index in [0.29, 0.717) is 19.0 Å². The van der Waals surface area contributed by atoms with Crippen LogP contribution in [0.15, 0.2) is 18.2 Å². The lowest BCUT2D eigenvalue weighted by molar-refractivity contribution is -0.0969. The molecule has 0 spiro atoms. The number of likely N-dealkylation sites (tertiary alicyclic amines) is 1. The highest BCUT2D eigenvalue weighted by molar-refractivity contribution is 5.25. The van der Waals surface area contributed by atoms with Crippen molar-refractivity contribution in [1.82, 2.24) is 4.90 Å². The summed E-state index contributed by atoms with van der Waals surface area (Å²) in [4.78, 5) is 2.28. The molecule has 2 aliphatic rings. The van der Waals surface area contributed by atoms with Crippen LogP contribution < -0.4 is 5.73 Å². The largest absolute Gasteiger partial charge is 0.390 e. The number of benzene rings is 1. The van der Waals surface area contributed by atoms with Crippen LogP contribution in [0, 0.1) is 11.7 Å². The average Bonchev–Trinajstić information content (AvgIpc) is 2.49. The summed E-state index contributed by atoms with van der Waals surface area (Å²) in [6, 6.07) is 5.13. The summed E-state index contributed by atoms with van der Waals surface area (Å²) in [6.07, 6.45) is 5.19. The molecule has 2 atom stereocenters. The van der Waals surface area contributed by atoms with Gasteiger partial charge in [-0.3, -0.25) is 4.90 Å². The van der Waals surface area contributed by atoms with Crippen LogP contribution in [-0.4, -0.2) is 28.7 Å². The third-order valence-electron chi connectivity index (χ3n) is 5.25. The molecule has 4 heteroatoms. The predicted octanol–water partition coefficient (Wildman–Crippen LogP) is 2.41. The molecule has 1 heterocycles. The Morgan fingerprint density at radius 1 is 1.33 bits per heavy atom. The van der Waals surface area contributed by atoms with Gasteiger partial charge in [0.25, 0.3) is 0 Å². The highest BCUT2D eigenvalue weighted by atomic mass is 19.1. The first kappa shape index (κ1) is 14.9. The van der Waals surface area contributed by atoms with Gasteiger partial charge in [-0.25, -0.2) is 4.39 Å². The molecule has 1 aliphatic heterocycles. The van der Waals surface area contributed by atoms with Crippen molar-refractivity contribution in [2.24, 2.45) is 11.7 Å². The van der Waals surface area contributed by atoms with Gasteiger partial charge in [0, 0.05) is 37.7 Å². The zero-order chi connectivity index (χ0) is 14.9. The molecular weight excluding hydrogens is 267 g/mol. The summed E-state index contributed by atoms with van der Waals surface area (Å²) >= 11 is 0. The van der Waals surface area contributed by atoms with Crippen molar-refractivity contribution in [2.75, 3.05) is 13.1 Å². The molecular formula is C17H25FN2O. The fourth-order valence-electron chi connectivity index (χ4n) is 3.90. The quantitative estimate of drug-likeness (QED) is 0.899. The maximum absolute atomic E-state index is 14.0. The van der Waals surface area contributed by atoms with E-state index in [4.69, 9.17) is 5.73 Å². The first-order valence-corrected chi connectivity index (χ1v) is 8.03. The SMILES string of the molecule is NCc1ccc(F)c(CN2CCC3(O)CCCCC3C2)c1. The highest BCUT2D eigenvalue weighted by Gasteiger charge is 2.42. The molecule has 3 rings (SSSR count). The van der Waals surface area contributed by atoms with Crippen LogP contribution in [0.2, 0.25) is 0 Å². The van der Waals surface area contributed by atoms with Crippen LogP contribution in [0.25, 0.3) is 0 Å². The van der Waals surface area contributed by atoms with Crippen LogP contribution in [-0.2, 0) is 13.1 Å². The summed E-state index contributed by atoms with van der Waals surface area (Å²) in [5, 5.41) is 10.7. The van der Waals surface area contributed by atoms with Gasteiger partial charge in [0.2, 0.25) is 0 Å². The Morgan fingerprint density at radius 2 is 2.19 bits per heavy atom. The van der Waals surface area contributed by atoms with Gasteiger partial charge < -0.3 is 10.8 Å². The Balaban J connectivity index is 1.69. The van der Waals surface area contributed by atoms with Crippen molar-refractivity contribution in [3.63, 3.8) is 0 Å². The second kappa shape index (κ2) is 6.03. The van der Waals surface area contributed by atoms with Gasteiger partial charge in [0.1, 0.15) is 5.82 Å². The third kappa shape index (κ3) is 3.12. The van der Waals surface area contributed by atoms with Crippen molar-refractivity contribution in [1.29, 1.82) is 0 Å². The molecule has 1 aromatic carbocycles. The van der Waals surface area contributed by atoms with Gasteiger partial charge in [-0.1, -0.05) is 25.0 Å². The smallest absolute Gasteiger partial charge is 0.127 e. The number of nitrogens with two attached hydrogens (primary N) is 1. The normalized spacial score (nSPS) is 30.1. The second-order valence-electron chi connectivity index (χ2n) is 6.66. The lowest BCUT2D eigenvalue weighted by atomic mass is 9.71. The molecule has 1 saturated carbocycles.